The van der Waals surface area contributed by atoms with Crippen molar-refractivity contribution in [3.05, 3.63) is 65.2 Å². The zero-order chi connectivity index (χ0) is 29.2. The molecule has 2 aliphatic heterocycles. The Labute approximate surface area is 248 Å². The summed E-state index contributed by atoms with van der Waals surface area (Å²) in [5.74, 6) is 1.43. The molecule has 1 amide bonds. The van der Waals surface area contributed by atoms with Gasteiger partial charge in [-0.3, -0.25) is 9.80 Å². The van der Waals surface area contributed by atoms with Crippen molar-refractivity contribution in [2.75, 3.05) is 46.4 Å². The summed E-state index contributed by atoms with van der Waals surface area (Å²) in [4.78, 5) is 20.1. The molecule has 0 radical (unpaired) electrons. The second-order valence-corrected chi connectivity index (χ2v) is 14.0. The van der Waals surface area contributed by atoms with E-state index in [0.29, 0.717) is 23.4 Å². The number of hydrogen-bond donors (Lipinski definition) is 0. The molecule has 0 N–H and O–H groups in total. The monoisotopic (exact) mass is 561 g/mol. The molecular weight excluding hydrogens is 510 g/mol. The van der Waals surface area contributed by atoms with Gasteiger partial charge in [-0.25, -0.2) is 4.79 Å². The smallest absolute Gasteiger partial charge is 0.410 e. The molecule has 2 saturated heterocycles. The number of carbonyl (C=O) groups is 1. The summed E-state index contributed by atoms with van der Waals surface area (Å²) in [7, 11) is 1.72. The lowest BCUT2D eigenvalue weighted by Crippen LogP contribution is -2.60. The van der Waals surface area contributed by atoms with Gasteiger partial charge in [0.15, 0.2) is 0 Å². The van der Waals surface area contributed by atoms with Gasteiger partial charge in [0.2, 0.25) is 0 Å². The number of carbonyl (C=O) groups excluding carboxylic acids is 1. The third-order valence-corrected chi connectivity index (χ3v) is 9.64. The van der Waals surface area contributed by atoms with E-state index in [4.69, 9.17) is 9.47 Å². The zero-order valence-corrected chi connectivity index (χ0v) is 26.2. The predicted octanol–water partition coefficient (Wildman–Crippen LogP) is 6.90. The Bertz CT molecular complexity index is 1160. The minimum atomic E-state index is -0.439. The lowest BCUT2D eigenvalue weighted by molar-refractivity contribution is -0.0773. The second kappa shape index (κ2) is 12.3. The largest absolute Gasteiger partial charge is 0.497 e. The van der Waals surface area contributed by atoms with E-state index in [1.54, 1.807) is 7.11 Å². The highest BCUT2D eigenvalue weighted by Gasteiger charge is 2.50. The molecule has 1 aliphatic carbocycles. The average molecular weight is 562 g/mol. The Morgan fingerprint density at radius 3 is 2.29 bits per heavy atom. The predicted molar refractivity (Wildman–Crippen MR) is 166 cm³/mol. The minimum absolute atomic E-state index is 0.153. The topological polar surface area (TPSA) is 45.2 Å². The molecule has 3 fully saturated rings. The van der Waals surface area contributed by atoms with Crippen LogP contribution in [0.1, 0.15) is 89.0 Å². The van der Waals surface area contributed by atoms with Gasteiger partial charge in [-0.05, 0) is 93.0 Å². The first-order chi connectivity index (χ1) is 19.6. The summed E-state index contributed by atoms with van der Waals surface area (Å²) in [6.07, 6.45) is 5.60. The average Bonchev–Trinajstić information content (AvgIpc) is 2.94. The van der Waals surface area contributed by atoms with E-state index in [-0.39, 0.29) is 6.09 Å². The number of ether oxygens (including phenoxy) is 2. The minimum Gasteiger partial charge on any atom is -0.497 e. The van der Waals surface area contributed by atoms with Crippen LogP contribution in [0.25, 0.3) is 0 Å². The molecule has 0 bridgehead atoms. The molecule has 1 spiro atoms. The summed E-state index contributed by atoms with van der Waals surface area (Å²) in [5.41, 5.74) is 4.31. The van der Waals surface area contributed by atoms with Gasteiger partial charge in [-0.1, -0.05) is 50.2 Å². The number of hydrogen-bond acceptors (Lipinski definition) is 5. The Morgan fingerprint density at radius 1 is 0.976 bits per heavy atom. The molecule has 1 saturated carbocycles. The maximum Gasteiger partial charge on any atom is 0.410 e. The van der Waals surface area contributed by atoms with Crippen molar-refractivity contribution in [3.63, 3.8) is 0 Å². The van der Waals surface area contributed by atoms with Crippen molar-refractivity contribution in [1.29, 1.82) is 0 Å². The van der Waals surface area contributed by atoms with Gasteiger partial charge in [-0.2, -0.15) is 0 Å². The number of nitrogens with zero attached hydrogens (tertiary/aromatic N) is 3. The Hall–Kier alpha value is -2.57. The number of piperazine rings is 1. The standard InChI is InChI=1S/C35H51N3O3/c1-26(2)30-9-7-8-10-31(30)32-25-36(18-15-27-11-13-29(40-6)14-12-27)21-22-38(32)28-23-35(24-28)16-19-37(20-17-35)33(39)41-34(3,4)5/h7-14,26,28,32H,15-25H2,1-6H3. The summed E-state index contributed by atoms with van der Waals surface area (Å²) in [5, 5.41) is 0. The molecule has 2 heterocycles. The molecule has 6 nitrogen and oxygen atoms in total. The van der Waals surface area contributed by atoms with Gasteiger partial charge < -0.3 is 14.4 Å². The third kappa shape index (κ3) is 7.09. The first kappa shape index (κ1) is 29.9. The number of likely N-dealkylation sites (tertiary alicyclic amines) is 1. The van der Waals surface area contributed by atoms with Gasteiger partial charge >= 0.3 is 6.09 Å². The van der Waals surface area contributed by atoms with E-state index in [0.717, 1.165) is 64.3 Å². The molecule has 3 aliphatic rings. The summed E-state index contributed by atoms with van der Waals surface area (Å²) >= 11 is 0. The van der Waals surface area contributed by atoms with E-state index in [2.05, 4.69) is 72.2 Å². The van der Waals surface area contributed by atoms with E-state index < -0.39 is 5.60 Å². The van der Waals surface area contributed by atoms with Gasteiger partial charge in [0.05, 0.1) is 7.11 Å². The van der Waals surface area contributed by atoms with Crippen LogP contribution in [-0.2, 0) is 11.2 Å². The Balaban J connectivity index is 1.24. The highest BCUT2D eigenvalue weighted by molar-refractivity contribution is 5.68. The van der Waals surface area contributed by atoms with E-state index >= 15 is 0 Å². The van der Waals surface area contributed by atoms with Crippen LogP contribution in [-0.4, -0.2) is 78.8 Å². The molecular formula is C35H51N3O3. The molecule has 5 rings (SSSR count). The molecule has 1 unspecified atom stereocenters. The van der Waals surface area contributed by atoms with Gasteiger partial charge in [0.25, 0.3) is 0 Å². The zero-order valence-electron chi connectivity index (χ0n) is 26.2. The quantitative estimate of drug-likeness (QED) is 0.368. The molecule has 224 valence electrons. The number of benzene rings is 2. The molecule has 0 aromatic heterocycles. The van der Waals surface area contributed by atoms with Crippen LogP contribution in [0.4, 0.5) is 4.79 Å². The van der Waals surface area contributed by atoms with Crippen LogP contribution < -0.4 is 4.74 Å². The Morgan fingerprint density at radius 2 is 1.66 bits per heavy atom. The van der Waals surface area contributed by atoms with E-state index in [1.807, 2.05) is 25.7 Å². The van der Waals surface area contributed by atoms with E-state index in [9.17, 15) is 4.79 Å². The number of amides is 1. The van der Waals surface area contributed by atoms with E-state index in [1.165, 1.54) is 29.5 Å². The van der Waals surface area contributed by atoms with Gasteiger partial charge in [0, 0.05) is 51.4 Å². The highest BCUT2D eigenvalue weighted by Crippen LogP contribution is 2.53. The first-order valence-corrected chi connectivity index (χ1v) is 15.7. The van der Waals surface area contributed by atoms with Crippen molar-refractivity contribution >= 4 is 6.09 Å². The maximum absolute atomic E-state index is 12.6. The van der Waals surface area contributed by atoms with Crippen molar-refractivity contribution in [3.8, 4) is 5.75 Å². The summed E-state index contributed by atoms with van der Waals surface area (Å²) < 4.78 is 11.0. The fourth-order valence-electron chi connectivity index (χ4n) is 7.26. The van der Waals surface area contributed by atoms with Crippen molar-refractivity contribution in [2.45, 2.75) is 90.3 Å². The second-order valence-electron chi connectivity index (χ2n) is 14.0. The molecule has 6 heteroatoms. The maximum atomic E-state index is 12.6. The number of rotatable bonds is 7. The van der Waals surface area contributed by atoms with Crippen LogP contribution in [0.15, 0.2) is 48.5 Å². The number of piperidine rings is 1. The summed E-state index contributed by atoms with van der Waals surface area (Å²) in [6, 6.07) is 18.7. The Kier molecular flexibility index (Phi) is 9.01. The lowest BCUT2D eigenvalue weighted by Gasteiger charge is -2.58. The fraction of sp³-hybridized carbons (Fsp3) is 0.629. The fourth-order valence-corrected chi connectivity index (χ4v) is 7.26. The lowest BCUT2D eigenvalue weighted by atomic mass is 9.59. The molecule has 41 heavy (non-hydrogen) atoms. The van der Waals surface area contributed by atoms with Gasteiger partial charge in [0.1, 0.15) is 11.4 Å². The number of methoxy groups -OCH3 is 1. The van der Waals surface area contributed by atoms with Crippen LogP contribution in [0.5, 0.6) is 5.75 Å². The first-order valence-electron chi connectivity index (χ1n) is 15.7. The SMILES string of the molecule is COc1ccc(CCN2CCN(C3CC4(CCN(C(=O)OC(C)(C)C)CC4)C3)C(c3ccccc3C(C)C)C2)cc1. The van der Waals surface area contributed by atoms with Crippen molar-refractivity contribution in [1.82, 2.24) is 14.7 Å². The van der Waals surface area contributed by atoms with Crippen molar-refractivity contribution < 1.29 is 14.3 Å². The van der Waals surface area contributed by atoms with Crippen molar-refractivity contribution in [2.24, 2.45) is 5.41 Å². The normalized spacial score (nSPS) is 22.1. The molecule has 1 atom stereocenters. The van der Waals surface area contributed by atoms with Gasteiger partial charge in [-0.15, -0.1) is 0 Å². The summed E-state index contributed by atoms with van der Waals surface area (Å²) in [6.45, 7) is 16.5. The van der Waals surface area contributed by atoms with Crippen LogP contribution in [0.2, 0.25) is 0 Å². The highest BCUT2D eigenvalue weighted by atomic mass is 16.6. The van der Waals surface area contributed by atoms with Crippen LogP contribution in [0, 0.1) is 5.41 Å². The molecule has 2 aromatic rings. The molecule has 2 aromatic carbocycles. The van der Waals surface area contributed by atoms with Crippen LogP contribution >= 0.6 is 0 Å². The van der Waals surface area contributed by atoms with Crippen LogP contribution in [0.3, 0.4) is 0 Å². The third-order valence-electron chi connectivity index (χ3n) is 9.64.